The molecule has 0 spiro atoms. The van der Waals surface area contributed by atoms with Gasteiger partial charge in [-0.05, 0) is 76.4 Å². The van der Waals surface area contributed by atoms with E-state index >= 15 is 0 Å². The van der Waals surface area contributed by atoms with Crippen LogP contribution in [0, 0.1) is 46.3 Å². The van der Waals surface area contributed by atoms with Crippen molar-refractivity contribution in [2.75, 3.05) is 0 Å². The van der Waals surface area contributed by atoms with Crippen molar-refractivity contribution < 1.29 is 9.53 Å². The summed E-state index contributed by atoms with van der Waals surface area (Å²) in [5.74, 6) is 8.30. The molecule has 3 aliphatic rings. The van der Waals surface area contributed by atoms with Gasteiger partial charge in [0, 0.05) is 18.3 Å². The number of nitriles is 1. The van der Waals surface area contributed by atoms with E-state index in [1.54, 1.807) is 0 Å². The third kappa shape index (κ3) is 6.19. The van der Waals surface area contributed by atoms with Crippen LogP contribution in [0.3, 0.4) is 0 Å². The topological polar surface area (TPSA) is 53.2 Å². The molecule has 3 nitrogen and oxygen atoms in total. The van der Waals surface area contributed by atoms with Crippen LogP contribution in [0.1, 0.15) is 88.3 Å². The van der Waals surface area contributed by atoms with Gasteiger partial charge in [0.15, 0.2) is 0 Å². The summed E-state index contributed by atoms with van der Waals surface area (Å²) < 4.78 is 7.76. The summed E-state index contributed by atoms with van der Waals surface area (Å²) in [7, 11) is -1.67. The lowest BCUT2D eigenvalue weighted by Gasteiger charge is -2.44. The van der Waals surface area contributed by atoms with Gasteiger partial charge in [-0.25, -0.2) is 0 Å². The van der Waals surface area contributed by atoms with Crippen LogP contribution in [0.4, 0.5) is 0 Å². The molecule has 0 aliphatic heterocycles. The van der Waals surface area contributed by atoms with E-state index < -0.39 is 20.7 Å². The third-order valence-corrected chi connectivity index (χ3v) is 12.8. The molecule has 0 saturated heterocycles. The molecule has 0 aromatic heterocycles. The van der Waals surface area contributed by atoms with Gasteiger partial charge in [-0.2, -0.15) is 5.26 Å². The van der Waals surface area contributed by atoms with E-state index in [1.165, 1.54) is 46.3 Å². The number of hydrogen-bond donors (Lipinski definition) is 1. The van der Waals surface area contributed by atoms with Gasteiger partial charge in [0.2, 0.25) is 0 Å². The molecule has 3 aromatic carbocycles. The average Bonchev–Trinajstić information content (AvgIpc) is 3.57. The monoisotopic (exact) mass is 600 g/mol. The standard InChI is InChI=1S/C40H46NO2Si/c1-39(2,3)38-28-35-34-26-29(14-13-25-41)21-22-31(34)27-36(35)40(38,24-23-37(42)30-15-7-4-8-16-30)43-44(32-17-9-5-10-18-32)33-19-11-6-12-20-33/h5-6,9-12,17-22,26,30,35-38,42H,4,7-8,13-16,27-28H2,1-3H3. The van der Waals surface area contributed by atoms with E-state index in [9.17, 15) is 10.4 Å². The molecule has 3 aliphatic carbocycles. The zero-order chi connectivity index (χ0) is 30.7. The molecule has 0 bridgehead atoms. The van der Waals surface area contributed by atoms with Crippen LogP contribution in [-0.4, -0.2) is 25.9 Å². The molecule has 0 heterocycles. The van der Waals surface area contributed by atoms with E-state index in [0.717, 1.165) is 32.1 Å². The Labute approximate surface area is 266 Å². The van der Waals surface area contributed by atoms with Gasteiger partial charge in [-0.15, -0.1) is 0 Å². The predicted molar refractivity (Wildman–Crippen MR) is 180 cm³/mol. The molecule has 4 heteroatoms. The first-order valence-corrected chi connectivity index (χ1v) is 18.1. The molecule has 0 amide bonds. The number of rotatable bonds is 7. The van der Waals surface area contributed by atoms with E-state index in [0.29, 0.717) is 12.3 Å². The van der Waals surface area contributed by atoms with Crippen molar-refractivity contribution in [1.82, 2.24) is 0 Å². The second kappa shape index (κ2) is 13.1. The molecular weight excluding hydrogens is 555 g/mol. The van der Waals surface area contributed by atoms with Crippen LogP contribution in [0.2, 0.25) is 0 Å². The van der Waals surface area contributed by atoms with Crippen molar-refractivity contribution in [1.29, 1.82) is 5.26 Å². The second-order valence-corrected chi connectivity index (χ2v) is 16.3. The van der Waals surface area contributed by atoms with Crippen LogP contribution in [0.5, 0.6) is 0 Å². The Hall–Kier alpha value is -3.15. The van der Waals surface area contributed by atoms with Crippen molar-refractivity contribution in [3.8, 4) is 17.9 Å². The molecule has 44 heavy (non-hydrogen) atoms. The minimum absolute atomic E-state index is 0.0479. The van der Waals surface area contributed by atoms with Gasteiger partial charge in [0.05, 0.1) is 6.07 Å². The molecule has 1 N–H and O–H groups in total. The molecule has 2 saturated carbocycles. The third-order valence-electron chi connectivity index (χ3n) is 10.5. The predicted octanol–water partition coefficient (Wildman–Crippen LogP) is 6.97. The Morgan fingerprint density at radius 1 is 0.955 bits per heavy atom. The van der Waals surface area contributed by atoms with Crippen molar-refractivity contribution >= 4 is 19.4 Å². The lowest BCUT2D eigenvalue weighted by atomic mass is 9.70. The maximum absolute atomic E-state index is 11.5. The van der Waals surface area contributed by atoms with Crippen molar-refractivity contribution in [3.63, 3.8) is 0 Å². The van der Waals surface area contributed by atoms with E-state index in [4.69, 9.17) is 4.43 Å². The van der Waals surface area contributed by atoms with Crippen molar-refractivity contribution in [2.45, 2.75) is 96.2 Å². The summed E-state index contributed by atoms with van der Waals surface area (Å²) in [4.78, 5) is 0. The normalized spacial score (nSPS) is 25.5. The van der Waals surface area contributed by atoms with Crippen LogP contribution < -0.4 is 10.4 Å². The highest BCUT2D eigenvalue weighted by Crippen LogP contribution is 2.61. The largest absolute Gasteiger partial charge is 0.390 e. The van der Waals surface area contributed by atoms with Gasteiger partial charge >= 0.3 is 0 Å². The van der Waals surface area contributed by atoms with Crippen LogP contribution in [-0.2, 0) is 17.3 Å². The number of aryl methyl sites for hydroxylation is 1. The lowest BCUT2D eigenvalue weighted by Crippen LogP contribution is -2.57. The van der Waals surface area contributed by atoms with Crippen LogP contribution in [0.25, 0.3) is 0 Å². The smallest absolute Gasteiger partial charge is 0.284 e. The fourth-order valence-electron chi connectivity index (χ4n) is 8.29. The maximum Gasteiger partial charge on any atom is 0.284 e. The number of aliphatic hydroxyl groups is 1. The van der Waals surface area contributed by atoms with Crippen molar-refractivity contribution in [2.24, 2.45) is 23.2 Å². The summed E-state index contributed by atoms with van der Waals surface area (Å²) in [6.45, 7) is 7.04. The number of hydrogen-bond acceptors (Lipinski definition) is 3. The van der Waals surface area contributed by atoms with Gasteiger partial charge < -0.3 is 9.53 Å². The summed E-state index contributed by atoms with van der Waals surface area (Å²) in [5.41, 5.74) is 3.31. The summed E-state index contributed by atoms with van der Waals surface area (Å²) in [5, 5.41) is 23.2. The highest BCUT2D eigenvalue weighted by molar-refractivity contribution is 6.80. The first kappa shape index (κ1) is 30.9. The van der Waals surface area contributed by atoms with Crippen LogP contribution >= 0.6 is 0 Å². The number of nitrogens with zero attached hydrogens (tertiary/aromatic N) is 1. The summed E-state index contributed by atoms with van der Waals surface area (Å²) in [6, 6.07) is 30.7. The first-order chi connectivity index (χ1) is 21.3. The highest BCUT2D eigenvalue weighted by atomic mass is 28.3. The molecule has 5 unspecified atom stereocenters. The number of benzene rings is 3. The van der Waals surface area contributed by atoms with E-state index in [1.807, 2.05) is 0 Å². The molecule has 1 radical (unpaired) electrons. The van der Waals surface area contributed by atoms with E-state index in [-0.39, 0.29) is 23.2 Å². The fourth-order valence-corrected chi connectivity index (χ4v) is 10.5. The second-order valence-electron chi connectivity index (χ2n) is 14.3. The Bertz CT molecular complexity index is 1480. The van der Waals surface area contributed by atoms with Crippen LogP contribution in [0.15, 0.2) is 78.9 Å². The van der Waals surface area contributed by atoms with Gasteiger partial charge in [-0.3, -0.25) is 0 Å². The molecular formula is C40H46NO2Si. The average molecular weight is 601 g/mol. The molecule has 5 atom stereocenters. The summed E-state index contributed by atoms with van der Waals surface area (Å²) >= 11 is 0. The zero-order valence-corrected chi connectivity index (χ0v) is 27.6. The molecule has 6 rings (SSSR count). The Morgan fingerprint density at radius 3 is 2.23 bits per heavy atom. The number of fused-ring (bicyclic) bond motifs is 3. The van der Waals surface area contributed by atoms with Gasteiger partial charge in [0.1, 0.15) is 11.7 Å². The quantitative estimate of drug-likeness (QED) is 0.235. The van der Waals surface area contributed by atoms with Gasteiger partial charge in [-0.1, -0.05) is 131 Å². The Morgan fingerprint density at radius 2 is 1.61 bits per heavy atom. The Balaban J connectivity index is 1.48. The lowest BCUT2D eigenvalue weighted by molar-refractivity contribution is 0.00127. The Kier molecular flexibility index (Phi) is 9.16. The first-order valence-electron chi connectivity index (χ1n) is 16.7. The van der Waals surface area contributed by atoms with E-state index in [2.05, 4.69) is 118 Å². The van der Waals surface area contributed by atoms with Gasteiger partial charge in [0.25, 0.3) is 9.04 Å². The highest BCUT2D eigenvalue weighted by Gasteiger charge is 2.62. The fraction of sp³-hybridized carbons (Fsp3) is 0.475. The maximum atomic E-state index is 11.5. The van der Waals surface area contributed by atoms with Crippen molar-refractivity contribution in [3.05, 3.63) is 95.6 Å². The zero-order valence-electron chi connectivity index (χ0n) is 26.6. The summed E-state index contributed by atoms with van der Waals surface area (Å²) in [6.07, 6.45) is 8.36. The molecule has 227 valence electrons. The molecule has 2 fully saturated rings. The minimum Gasteiger partial charge on any atom is -0.390 e. The molecule has 3 aromatic rings. The minimum atomic E-state index is -1.67. The number of aliphatic hydroxyl groups excluding tert-OH is 1. The SMILES string of the molecule is CC(C)(C)C1CC2c3cc(CCC#N)ccc3CC2C1(C#CC(O)C1CCCCC1)O[Si](c1ccccc1)c1ccccc1.